The lowest BCUT2D eigenvalue weighted by Crippen LogP contribution is -1.74. The summed E-state index contributed by atoms with van der Waals surface area (Å²) in [6.45, 7) is 6.62. The van der Waals surface area contributed by atoms with E-state index in [2.05, 4.69) is 26.3 Å². The summed E-state index contributed by atoms with van der Waals surface area (Å²) >= 11 is 0. The van der Waals surface area contributed by atoms with E-state index in [1.54, 1.807) is 6.26 Å². The lowest BCUT2D eigenvalue weighted by atomic mass is 10.2. The normalized spacial score (nSPS) is 12.1. The van der Waals surface area contributed by atoms with E-state index < -0.39 is 0 Å². The first-order chi connectivity index (χ1) is 6.20. The van der Waals surface area contributed by atoms with Crippen molar-refractivity contribution in [3.05, 3.63) is 35.3 Å². The van der Waals surface area contributed by atoms with E-state index in [1.165, 1.54) is 16.4 Å². The first kappa shape index (κ1) is 8.65. The smallest absolute Gasteiger partial charge is 0.138 e. The van der Waals surface area contributed by atoms with Gasteiger partial charge in [-0.15, -0.1) is 7.53 Å². The molecule has 2 heterocycles. The maximum Gasteiger partial charge on any atom is 0.138 e. The Hall–Kier alpha value is -0.940. The van der Waals surface area contributed by atoms with Gasteiger partial charge in [0.25, 0.3) is 0 Å². The second-order valence-corrected chi connectivity index (χ2v) is 5.30. The summed E-state index contributed by atoms with van der Waals surface area (Å²) < 4.78 is 5.43. The molecule has 0 bridgehead atoms. The third-order valence-corrected chi connectivity index (χ3v) is 4.48. The summed E-state index contributed by atoms with van der Waals surface area (Å²) in [6, 6.07) is 4.00. The highest BCUT2D eigenvalue weighted by molar-refractivity contribution is 7.50. The quantitative estimate of drug-likeness (QED) is 0.663. The van der Waals surface area contributed by atoms with Crippen LogP contribution in [-0.2, 0) is 6.66 Å². The van der Waals surface area contributed by atoms with Gasteiger partial charge in [-0.1, -0.05) is 0 Å². The van der Waals surface area contributed by atoms with Crippen molar-refractivity contribution in [2.75, 3.05) is 0 Å². The van der Waals surface area contributed by atoms with E-state index in [0.717, 1.165) is 5.76 Å². The minimum Gasteiger partial charge on any atom is -0.464 e. The first-order valence-electron chi connectivity index (χ1n) is 4.36. The molecule has 0 spiro atoms. The summed E-state index contributed by atoms with van der Waals surface area (Å²) in [5.41, 5.74) is 2.79. The maximum atomic E-state index is 5.43. The summed E-state index contributed by atoms with van der Waals surface area (Å²) in [5, 5.41) is 1.40. The van der Waals surface area contributed by atoms with Crippen molar-refractivity contribution in [1.29, 1.82) is 0 Å². The molecule has 0 saturated carbocycles. The van der Waals surface area contributed by atoms with Crippen LogP contribution in [0, 0.1) is 13.8 Å². The highest BCUT2D eigenvalue weighted by Gasteiger charge is 2.11. The number of aryl methyl sites for hydroxylation is 2. The lowest BCUT2D eigenvalue weighted by molar-refractivity contribution is 0.583. The molecular formula is C11H13OP. The summed E-state index contributed by atoms with van der Waals surface area (Å²) in [7, 11) is -0.134. The van der Waals surface area contributed by atoms with Crippen molar-refractivity contribution >= 4 is 7.53 Å². The molecule has 0 amide bonds. The minimum atomic E-state index is -0.134. The number of hydrogen-bond donors (Lipinski definition) is 0. The Morgan fingerprint density at radius 1 is 1.31 bits per heavy atom. The Morgan fingerprint density at radius 2 is 2.08 bits per heavy atom. The third-order valence-electron chi connectivity index (χ3n) is 2.44. The summed E-state index contributed by atoms with van der Waals surface area (Å²) in [5.74, 6) is 3.39. The van der Waals surface area contributed by atoms with E-state index in [1.807, 2.05) is 12.1 Å². The third kappa shape index (κ3) is 1.34. The zero-order valence-electron chi connectivity index (χ0n) is 8.16. The molecule has 13 heavy (non-hydrogen) atoms. The van der Waals surface area contributed by atoms with Gasteiger partial charge in [0, 0.05) is 5.30 Å². The Labute approximate surface area is 79.4 Å². The standard InChI is InChI=1S/C11H13OP/c1-8-7-13(3)11(9(8)2)10-5-4-6-12-10/h4-7H,1-3H3. The highest BCUT2D eigenvalue weighted by atomic mass is 31.1. The number of furan rings is 1. The number of hydrogen-bond acceptors (Lipinski definition) is 1. The molecule has 0 saturated heterocycles. The van der Waals surface area contributed by atoms with Gasteiger partial charge < -0.3 is 4.42 Å². The fourth-order valence-electron chi connectivity index (χ4n) is 1.68. The molecule has 2 rings (SSSR count). The van der Waals surface area contributed by atoms with Crippen LogP contribution < -0.4 is 0 Å². The molecular weight excluding hydrogens is 179 g/mol. The Kier molecular flexibility index (Phi) is 2.05. The van der Waals surface area contributed by atoms with Gasteiger partial charge in [0.05, 0.1) is 6.26 Å². The van der Waals surface area contributed by atoms with Gasteiger partial charge in [0.2, 0.25) is 0 Å². The molecule has 1 atom stereocenters. The highest BCUT2D eigenvalue weighted by Crippen LogP contribution is 2.44. The molecule has 2 aromatic heterocycles. The van der Waals surface area contributed by atoms with E-state index in [0.29, 0.717) is 0 Å². The van der Waals surface area contributed by atoms with Crippen molar-refractivity contribution in [2.24, 2.45) is 6.66 Å². The Bertz CT molecular complexity index is 409. The topological polar surface area (TPSA) is 13.1 Å². The average molecular weight is 192 g/mol. The van der Waals surface area contributed by atoms with Crippen LogP contribution in [0.1, 0.15) is 11.1 Å². The number of rotatable bonds is 1. The first-order valence-corrected chi connectivity index (χ1v) is 6.22. The molecule has 2 aromatic rings. The van der Waals surface area contributed by atoms with Crippen LogP contribution >= 0.6 is 7.53 Å². The molecule has 68 valence electrons. The molecule has 0 aliphatic heterocycles. The van der Waals surface area contributed by atoms with Crippen LogP contribution in [0.4, 0.5) is 0 Å². The van der Waals surface area contributed by atoms with E-state index in [4.69, 9.17) is 4.42 Å². The van der Waals surface area contributed by atoms with Crippen molar-refractivity contribution in [3.8, 4) is 11.1 Å². The van der Waals surface area contributed by atoms with Gasteiger partial charge in [0.15, 0.2) is 0 Å². The fourth-order valence-corrected chi connectivity index (χ4v) is 3.76. The lowest BCUT2D eigenvalue weighted by Gasteiger charge is -1.98. The zero-order chi connectivity index (χ0) is 9.42. The summed E-state index contributed by atoms with van der Waals surface area (Å²) in [6.07, 6.45) is 1.74. The van der Waals surface area contributed by atoms with Gasteiger partial charge in [-0.3, -0.25) is 0 Å². The van der Waals surface area contributed by atoms with E-state index in [-0.39, 0.29) is 7.53 Å². The van der Waals surface area contributed by atoms with Crippen LogP contribution in [0.5, 0.6) is 0 Å². The van der Waals surface area contributed by atoms with Crippen molar-refractivity contribution in [3.63, 3.8) is 0 Å². The van der Waals surface area contributed by atoms with Gasteiger partial charge in [-0.25, -0.2) is 0 Å². The molecule has 0 N–H and O–H groups in total. The fraction of sp³-hybridized carbons (Fsp3) is 0.273. The predicted molar refractivity (Wildman–Crippen MR) is 57.3 cm³/mol. The SMILES string of the molecule is Cc1cp(C)c(-c2ccco2)c1C. The molecule has 0 aliphatic rings. The van der Waals surface area contributed by atoms with Crippen molar-refractivity contribution in [2.45, 2.75) is 13.8 Å². The molecule has 2 heteroatoms. The van der Waals surface area contributed by atoms with Crippen LogP contribution in [0.15, 0.2) is 28.6 Å². The molecule has 1 unspecified atom stereocenters. The van der Waals surface area contributed by atoms with Crippen LogP contribution in [0.2, 0.25) is 0 Å². The van der Waals surface area contributed by atoms with Gasteiger partial charge in [-0.2, -0.15) is 0 Å². The Morgan fingerprint density at radius 3 is 2.54 bits per heavy atom. The van der Waals surface area contributed by atoms with Gasteiger partial charge >= 0.3 is 0 Å². The maximum absolute atomic E-state index is 5.43. The van der Waals surface area contributed by atoms with Crippen LogP contribution in [0.3, 0.4) is 0 Å². The summed E-state index contributed by atoms with van der Waals surface area (Å²) in [4.78, 5) is 0. The average Bonchev–Trinajstić information content (AvgIpc) is 2.63. The van der Waals surface area contributed by atoms with Crippen molar-refractivity contribution in [1.82, 2.24) is 0 Å². The molecule has 0 aromatic carbocycles. The molecule has 0 radical (unpaired) electrons. The largest absolute Gasteiger partial charge is 0.464 e. The molecule has 0 fully saturated rings. The molecule has 0 aliphatic carbocycles. The van der Waals surface area contributed by atoms with Crippen LogP contribution in [0.25, 0.3) is 11.1 Å². The van der Waals surface area contributed by atoms with E-state index in [9.17, 15) is 0 Å². The van der Waals surface area contributed by atoms with Gasteiger partial charge in [0.1, 0.15) is 5.76 Å². The molecule has 1 nitrogen and oxygen atoms in total. The monoisotopic (exact) mass is 192 g/mol. The van der Waals surface area contributed by atoms with Gasteiger partial charge in [-0.05, 0) is 49.6 Å². The minimum absolute atomic E-state index is 0.134. The zero-order valence-corrected chi connectivity index (χ0v) is 9.06. The Balaban J connectivity index is 2.64. The van der Waals surface area contributed by atoms with Crippen molar-refractivity contribution < 1.29 is 4.42 Å². The second-order valence-electron chi connectivity index (χ2n) is 3.37. The second kappa shape index (κ2) is 3.08. The van der Waals surface area contributed by atoms with Crippen LogP contribution in [-0.4, -0.2) is 0 Å². The van der Waals surface area contributed by atoms with E-state index >= 15 is 0 Å². The predicted octanol–water partition coefficient (Wildman–Crippen LogP) is 4.09.